The van der Waals surface area contributed by atoms with E-state index in [1.54, 1.807) is 27.7 Å². The molecule has 126 valence electrons. The Hall–Kier alpha value is -1.63. The van der Waals surface area contributed by atoms with Crippen LogP contribution in [0.3, 0.4) is 0 Å². The van der Waals surface area contributed by atoms with E-state index in [0.717, 1.165) is 0 Å². The third-order valence-corrected chi connectivity index (χ3v) is 4.23. The zero-order chi connectivity index (χ0) is 17.4. The van der Waals surface area contributed by atoms with Gasteiger partial charge in [0.05, 0.1) is 22.6 Å². The Morgan fingerprint density at radius 2 is 2.04 bits per heavy atom. The molecule has 1 aromatic heterocycles. The van der Waals surface area contributed by atoms with Gasteiger partial charge in [-0.3, -0.25) is 9.36 Å². The van der Waals surface area contributed by atoms with Crippen molar-refractivity contribution in [1.82, 2.24) is 4.57 Å². The lowest BCUT2D eigenvalue weighted by molar-refractivity contribution is 0.0523. The number of aromatic nitrogens is 1. The number of alkyl halides is 1. The molecular weight excluding hydrogens is 366 g/mol. The summed E-state index contributed by atoms with van der Waals surface area (Å²) in [7, 11) is 0. The Bertz CT molecular complexity index is 656. The topological polar surface area (TPSA) is 74.6 Å². The van der Waals surface area contributed by atoms with Gasteiger partial charge in [0.25, 0.3) is 0 Å². The number of carbonyl (C=O) groups excluding carboxylic acids is 3. The summed E-state index contributed by atoms with van der Waals surface area (Å²) in [5.41, 5.74) is 0.196. The molecular formula is C16H20BrNO5. The van der Waals surface area contributed by atoms with E-state index in [0.29, 0.717) is 18.5 Å². The van der Waals surface area contributed by atoms with Crippen molar-refractivity contribution in [1.29, 1.82) is 0 Å². The molecule has 0 amide bonds. The first-order chi connectivity index (χ1) is 10.7. The van der Waals surface area contributed by atoms with Crippen LogP contribution in [0.2, 0.25) is 0 Å². The molecule has 0 radical (unpaired) electrons. The maximum Gasteiger partial charge on any atom is 0.418 e. The standard InChI is InChI=1S/C16H20BrNO5/c1-5-22-14(20)9-8-18(15(21)23-16(2,3)4)11-7-6-10(17)13(19)12(9)11/h8,10H,5-7H2,1-4H3. The van der Waals surface area contributed by atoms with Gasteiger partial charge in [-0.1, -0.05) is 15.9 Å². The summed E-state index contributed by atoms with van der Waals surface area (Å²) in [5, 5.41) is 0. The van der Waals surface area contributed by atoms with E-state index in [1.807, 2.05) is 0 Å². The van der Waals surface area contributed by atoms with E-state index < -0.39 is 17.7 Å². The Morgan fingerprint density at radius 3 is 2.61 bits per heavy atom. The SMILES string of the molecule is CCOC(=O)c1cn(C(=O)OC(C)(C)C)c2c1C(=O)C(Br)CC2. The molecule has 7 heteroatoms. The number of fused-ring (bicyclic) bond motifs is 1. The van der Waals surface area contributed by atoms with E-state index in [4.69, 9.17) is 9.47 Å². The first-order valence-electron chi connectivity index (χ1n) is 7.48. The van der Waals surface area contributed by atoms with Crippen molar-refractivity contribution in [3.63, 3.8) is 0 Å². The van der Waals surface area contributed by atoms with Crippen LogP contribution in [-0.4, -0.2) is 39.4 Å². The predicted octanol–water partition coefficient (Wildman–Crippen LogP) is 3.34. The average Bonchev–Trinajstić information content (AvgIpc) is 2.81. The number of Topliss-reactive ketones (excluding diaryl/α,β-unsaturated/α-hetero) is 1. The number of hydrogen-bond donors (Lipinski definition) is 0. The molecule has 1 unspecified atom stereocenters. The fraction of sp³-hybridized carbons (Fsp3) is 0.562. The third-order valence-electron chi connectivity index (χ3n) is 3.36. The Morgan fingerprint density at radius 1 is 1.39 bits per heavy atom. The molecule has 0 bridgehead atoms. The van der Waals surface area contributed by atoms with E-state index in [2.05, 4.69) is 15.9 Å². The first kappa shape index (κ1) is 17.7. The molecule has 0 spiro atoms. The Kier molecular flexibility index (Phi) is 4.98. The van der Waals surface area contributed by atoms with Gasteiger partial charge in [-0.25, -0.2) is 9.59 Å². The van der Waals surface area contributed by atoms with Crippen LogP contribution in [0.5, 0.6) is 0 Å². The first-order valence-corrected chi connectivity index (χ1v) is 8.40. The number of esters is 1. The van der Waals surface area contributed by atoms with Gasteiger partial charge in [0, 0.05) is 11.9 Å². The number of halogens is 1. The van der Waals surface area contributed by atoms with Gasteiger partial charge in [0.2, 0.25) is 0 Å². The minimum absolute atomic E-state index is 0.113. The van der Waals surface area contributed by atoms with Gasteiger partial charge in [0.15, 0.2) is 5.78 Å². The monoisotopic (exact) mass is 385 g/mol. The van der Waals surface area contributed by atoms with Gasteiger partial charge in [-0.2, -0.15) is 0 Å². The van der Waals surface area contributed by atoms with Crippen molar-refractivity contribution in [3.05, 3.63) is 23.0 Å². The highest BCUT2D eigenvalue weighted by Crippen LogP contribution is 2.31. The van der Waals surface area contributed by atoms with E-state index in [1.165, 1.54) is 10.8 Å². The van der Waals surface area contributed by atoms with Crippen molar-refractivity contribution in [2.45, 2.75) is 51.0 Å². The quantitative estimate of drug-likeness (QED) is 0.576. The molecule has 1 atom stereocenters. The fourth-order valence-corrected chi connectivity index (χ4v) is 2.91. The van der Waals surface area contributed by atoms with Crippen LogP contribution in [0, 0.1) is 0 Å². The van der Waals surface area contributed by atoms with Crippen molar-refractivity contribution < 1.29 is 23.9 Å². The van der Waals surface area contributed by atoms with Crippen LogP contribution < -0.4 is 0 Å². The smallest absolute Gasteiger partial charge is 0.418 e. The lowest BCUT2D eigenvalue weighted by Gasteiger charge is -2.22. The van der Waals surface area contributed by atoms with E-state index in [9.17, 15) is 14.4 Å². The number of carbonyl (C=O) groups is 3. The predicted molar refractivity (Wildman–Crippen MR) is 87.4 cm³/mol. The molecule has 1 heterocycles. The second-order valence-electron chi connectivity index (χ2n) is 6.31. The molecule has 0 N–H and O–H groups in total. The van der Waals surface area contributed by atoms with Gasteiger partial charge in [-0.05, 0) is 40.5 Å². The molecule has 0 fully saturated rings. The summed E-state index contributed by atoms with van der Waals surface area (Å²) < 4.78 is 11.6. The largest absolute Gasteiger partial charge is 0.462 e. The van der Waals surface area contributed by atoms with Crippen LogP contribution in [-0.2, 0) is 15.9 Å². The zero-order valence-electron chi connectivity index (χ0n) is 13.6. The van der Waals surface area contributed by atoms with E-state index >= 15 is 0 Å². The number of ketones is 1. The van der Waals surface area contributed by atoms with Crippen LogP contribution in [0.4, 0.5) is 4.79 Å². The second kappa shape index (κ2) is 6.47. The minimum atomic E-state index is -0.672. The van der Waals surface area contributed by atoms with Gasteiger partial charge in [0.1, 0.15) is 5.60 Å². The average molecular weight is 386 g/mol. The van der Waals surface area contributed by atoms with Crippen LogP contribution in [0.1, 0.15) is 60.5 Å². The van der Waals surface area contributed by atoms with E-state index in [-0.39, 0.29) is 28.3 Å². The summed E-state index contributed by atoms with van der Waals surface area (Å²) in [5.74, 6) is -0.822. The fourth-order valence-electron chi connectivity index (χ4n) is 2.46. The second-order valence-corrected chi connectivity index (χ2v) is 7.41. The van der Waals surface area contributed by atoms with Crippen molar-refractivity contribution >= 4 is 33.8 Å². The highest BCUT2D eigenvalue weighted by atomic mass is 79.9. The molecule has 0 aliphatic heterocycles. The number of rotatable bonds is 2. The maximum absolute atomic E-state index is 12.4. The van der Waals surface area contributed by atoms with Gasteiger partial charge >= 0.3 is 12.1 Å². The number of hydrogen-bond acceptors (Lipinski definition) is 5. The molecule has 6 nitrogen and oxygen atoms in total. The van der Waals surface area contributed by atoms with Crippen molar-refractivity contribution in [2.75, 3.05) is 6.61 Å². The summed E-state index contributed by atoms with van der Waals surface area (Å²) in [6.07, 6.45) is 1.79. The molecule has 0 saturated heterocycles. The molecule has 0 saturated carbocycles. The van der Waals surface area contributed by atoms with Gasteiger partial charge in [-0.15, -0.1) is 0 Å². The lowest BCUT2D eigenvalue weighted by Crippen LogP contribution is -2.30. The van der Waals surface area contributed by atoms with Crippen molar-refractivity contribution in [2.24, 2.45) is 0 Å². The highest BCUT2D eigenvalue weighted by Gasteiger charge is 2.36. The summed E-state index contributed by atoms with van der Waals surface area (Å²) in [4.78, 5) is 36.6. The minimum Gasteiger partial charge on any atom is -0.462 e. The van der Waals surface area contributed by atoms with Gasteiger partial charge < -0.3 is 9.47 Å². The maximum atomic E-state index is 12.4. The zero-order valence-corrected chi connectivity index (χ0v) is 15.2. The normalized spacial score (nSPS) is 17.6. The molecule has 2 rings (SSSR count). The molecule has 1 aliphatic carbocycles. The molecule has 1 aromatic rings. The molecule has 0 aromatic carbocycles. The third kappa shape index (κ3) is 3.65. The Balaban J connectivity index is 2.51. The van der Waals surface area contributed by atoms with Crippen LogP contribution in [0.15, 0.2) is 6.20 Å². The number of ether oxygens (including phenoxy) is 2. The van der Waals surface area contributed by atoms with Crippen LogP contribution in [0.25, 0.3) is 0 Å². The highest BCUT2D eigenvalue weighted by molar-refractivity contribution is 9.10. The Labute approximate surface area is 143 Å². The molecule has 23 heavy (non-hydrogen) atoms. The van der Waals surface area contributed by atoms with Crippen molar-refractivity contribution in [3.8, 4) is 0 Å². The summed E-state index contributed by atoms with van der Waals surface area (Å²) >= 11 is 3.31. The van der Waals surface area contributed by atoms with Crippen LogP contribution >= 0.6 is 15.9 Å². The molecule has 1 aliphatic rings. The summed E-state index contributed by atoms with van der Waals surface area (Å²) in [6, 6.07) is 0. The lowest BCUT2D eigenvalue weighted by atomic mass is 9.93. The summed E-state index contributed by atoms with van der Waals surface area (Å²) in [6.45, 7) is 7.15. The number of nitrogens with zero attached hydrogens (tertiary/aromatic N) is 1.